The molecule has 2 aromatic rings. The molecule has 24 heavy (non-hydrogen) atoms. The van der Waals surface area contributed by atoms with Gasteiger partial charge in [0.1, 0.15) is 6.04 Å². The van der Waals surface area contributed by atoms with E-state index in [1.807, 2.05) is 30.3 Å². The van der Waals surface area contributed by atoms with Crippen LogP contribution in [0.1, 0.15) is 33.2 Å². The van der Waals surface area contributed by atoms with Crippen LogP contribution in [0.4, 0.5) is 0 Å². The Kier molecular flexibility index (Phi) is 5.28. The fraction of sp³-hybridized carbons (Fsp3) is 0.438. The lowest BCUT2D eigenvalue weighted by molar-refractivity contribution is -0.147. The van der Waals surface area contributed by atoms with E-state index in [4.69, 9.17) is 5.11 Å². The molecular weight excluding hydrogens is 310 g/mol. The molecular formula is C16H21N5O3. The molecule has 0 aliphatic rings. The molecule has 1 aromatic heterocycles. The molecule has 8 heteroatoms. The van der Waals surface area contributed by atoms with E-state index in [0.717, 1.165) is 5.56 Å². The monoisotopic (exact) mass is 331 g/mol. The minimum absolute atomic E-state index is 0.267. The Balaban J connectivity index is 1.94. The molecule has 1 amide bonds. The second kappa shape index (κ2) is 7.20. The fourth-order valence-electron chi connectivity index (χ4n) is 1.95. The van der Waals surface area contributed by atoms with E-state index in [1.54, 1.807) is 20.8 Å². The molecule has 0 fully saturated rings. The van der Waals surface area contributed by atoms with Gasteiger partial charge in [-0.1, -0.05) is 30.3 Å². The van der Waals surface area contributed by atoms with Crippen molar-refractivity contribution in [1.82, 2.24) is 25.5 Å². The highest BCUT2D eigenvalue weighted by Crippen LogP contribution is 2.19. The lowest BCUT2D eigenvalue weighted by atomic mass is 9.90. The Morgan fingerprint density at radius 1 is 1.29 bits per heavy atom. The van der Waals surface area contributed by atoms with Gasteiger partial charge in [-0.05, 0) is 32.4 Å². The first kappa shape index (κ1) is 17.6. The smallest absolute Gasteiger partial charge is 0.309 e. The normalized spacial score (nSPS) is 12.6. The Bertz CT molecular complexity index is 712. The zero-order valence-electron chi connectivity index (χ0n) is 13.9. The van der Waals surface area contributed by atoms with Gasteiger partial charge in [0, 0.05) is 12.1 Å². The first-order valence-corrected chi connectivity index (χ1v) is 7.67. The summed E-state index contributed by atoms with van der Waals surface area (Å²) in [5.41, 5.74) is -0.0674. The molecule has 2 N–H and O–H groups in total. The number of carboxylic acid groups (broad SMARTS) is 1. The second-order valence-corrected chi connectivity index (χ2v) is 6.21. The number of amides is 1. The minimum atomic E-state index is -0.893. The van der Waals surface area contributed by atoms with Crippen molar-refractivity contribution >= 4 is 11.9 Å². The Labute approximate surface area is 139 Å². The highest BCUT2D eigenvalue weighted by atomic mass is 16.4. The lowest BCUT2D eigenvalue weighted by Gasteiger charge is -2.19. The first-order valence-electron chi connectivity index (χ1n) is 7.67. The van der Waals surface area contributed by atoms with Crippen LogP contribution in [-0.2, 0) is 9.59 Å². The molecule has 0 spiro atoms. The number of carbonyl (C=O) groups excluding carboxylic acids is 1. The molecule has 0 aliphatic heterocycles. The topological polar surface area (TPSA) is 110 Å². The van der Waals surface area contributed by atoms with E-state index in [0.29, 0.717) is 12.2 Å². The predicted molar refractivity (Wildman–Crippen MR) is 87.0 cm³/mol. The number of carboxylic acids is 1. The molecule has 0 aliphatic carbocycles. The van der Waals surface area contributed by atoms with Crippen molar-refractivity contribution in [3.8, 4) is 11.4 Å². The summed E-state index contributed by atoms with van der Waals surface area (Å²) in [7, 11) is 0. The first-order chi connectivity index (χ1) is 11.3. The summed E-state index contributed by atoms with van der Waals surface area (Å²) in [6, 6.07) is 8.72. The molecule has 0 radical (unpaired) electrons. The lowest BCUT2D eigenvalue weighted by Crippen LogP contribution is -2.36. The van der Waals surface area contributed by atoms with E-state index in [1.165, 1.54) is 4.80 Å². The molecule has 1 unspecified atom stereocenters. The van der Waals surface area contributed by atoms with Crippen LogP contribution in [0.5, 0.6) is 0 Å². The van der Waals surface area contributed by atoms with Crippen LogP contribution in [0.3, 0.4) is 0 Å². The van der Waals surface area contributed by atoms with E-state index in [9.17, 15) is 9.59 Å². The van der Waals surface area contributed by atoms with Crippen molar-refractivity contribution in [2.45, 2.75) is 33.2 Å². The SMILES string of the molecule is CC(C(=O)NCCC(C)(C)C(=O)O)n1nnc(-c2ccccc2)n1. The number of nitrogens with one attached hydrogen (secondary N) is 1. The van der Waals surface area contributed by atoms with Gasteiger partial charge in [0.05, 0.1) is 5.41 Å². The summed E-state index contributed by atoms with van der Waals surface area (Å²) < 4.78 is 0. The van der Waals surface area contributed by atoms with Gasteiger partial charge in [-0.15, -0.1) is 10.2 Å². The van der Waals surface area contributed by atoms with Gasteiger partial charge in [0.2, 0.25) is 11.7 Å². The van der Waals surface area contributed by atoms with Crippen molar-refractivity contribution < 1.29 is 14.7 Å². The van der Waals surface area contributed by atoms with Gasteiger partial charge in [-0.2, -0.15) is 4.80 Å². The number of nitrogens with zero attached hydrogens (tertiary/aromatic N) is 4. The number of hydrogen-bond donors (Lipinski definition) is 2. The van der Waals surface area contributed by atoms with Crippen molar-refractivity contribution in [3.05, 3.63) is 30.3 Å². The van der Waals surface area contributed by atoms with Gasteiger partial charge in [0.25, 0.3) is 0 Å². The van der Waals surface area contributed by atoms with Crippen molar-refractivity contribution in [3.63, 3.8) is 0 Å². The Hall–Kier alpha value is -2.77. The average molecular weight is 331 g/mol. The zero-order chi connectivity index (χ0) is 17.7. The summed E-state index contributed by atoms with van der Waals surface area (Å²) in [4.78, 5) is 24.5. The number of carbonyl (C=O) groups is 2. The van der Waals surface area contributed by atoms with Crippen LogP contribution >= 0.6 is 0 Å². The third-order valence-corrected chi connectivity index (χ3v) is 3.81. The summed E-state index contributed by atoms with van der Waals surface area (Å²) >= 11 is 0. The summed E-state index contributed by atoms with van der Waals surface area (Å²) in [6.45, 7) is 5.17. The highest BCUT2D eigenvalue weighted by molar-refractivity contribution is 5.79. The number of tetrazole rings is 1. The minimum Gasteiger partial charge on any atom is -0.481 e. The number of rotatable bonds is 7. The Morgan fingerprint density at radius 3 is 2.58 bits per heavy atom. The maximum absolute atomic E-state index is 12.2. The van der Waals surface area contributed by atoms with E-state index in [-0.39, 0.29) is 12.5 Å². The van der Waals surface area contributed by atoms with Crippen LogP contribution in [-0.4, -0.2) is 43.7 Å². The number of aromatic nitrogens is 4. The molecule has 128 valence electrons. The predicted octanol–water partition coefficient (Wildman–Crippen LogP) is 1.52. The van der Waals surface area contributed by atoms with Gasteiger partial charge >= 0.3 is 5.97 Å². The Morgan fingerprint density at radius 2 is 1.96 bits per heavy atom. The molecule has 8 nitrogen and oxygen atoms in total. The second-order valence-electron chi connectivity index (χ2n) is 6.21. The quantitative estimate of drug-likeness (QED) is 0.796. The largest absolute Gasteiger partial charge is 0.481 e. The maximum atomic E-state index is 12.2. The molecule has 1 heterocycles. The van der Waals surface area contributed by atoms with Crippen LogP contribution in [0.2, 0.25) is 0 Å². The molecule has 0 bridgehead atoms. The van der Waals surface area contributed by atoms with Crippen LogP contribution in [0, 0.1) is 5.41 Å². The standard InChI is InChI=1S/C16H21N5O3/c1-11(14(22)17-10-9-16(2,3)15(23)24)21-19-13(18-20-21)12-7-5-4-6-8-12/h4-8,11H,9-10H2,1-3H3,(H,17,22)(H,23,24). The van der Waals surface area contributed by atoms with Gasteiger partial charge in [0.15, 0.2) is 0 Å². The summed E-state index contributed by atoms with van der Waals surface area (Å²) in [5, 5.41) is 23.9. The third-order valence-electron chi connectivity index (χ3n) is 3.81. The maximum Gasteiger partial charge on any atom is 0.309 e. The summed E-state index contributed by atoms with van der Waals surface area (Å²) in [6.07, 6.45) is 0.334. The molecule has 2 rings (SSSR count). The fourth-order valence-corrected chi connectivity index (χ4v) is 1.95. The number of hydrogen-bond acceptors (Lipinski definition) is 5. The van der Waals surface area contributed by atoms with Gasteiger partial charge in [-0.25, -0.2) is 0 Å². The highest BCUT2D eigenvalue weighted by Gasteiger charge is 2.27. The molecule has 0 saturated heterocycles. The number of benzene rings is 1. The van der Waals surface area contributed by atoms with Crippen molar-refractivity contribution in [2.75, 3.05) is 6.54 Å². The van der Waals surface area contributed by atoms with E-state index < -0.39 is 17.4 Å². The zero-order valence-corrected chi connectivity index (χ0v) is 13.9. The molecule has 0 saturated carbocycles. The van der Waals surface area contributed by atoms with Crippen molar-refractivity contribution in [2.24, 2.45) is 5.41 Å². The van der Waals surface area contributed by atoms with Crippen LogP contribution in [0.25, 0.3) is 11.4 Å². The molecule has 1 aromatic carbocycles. The average Bonchev–Trinajstić information content (AvgIpc) is 3.04. The third kappa shape index (κ3) is 4.15. The van der Waals surface area contributed by atoms with Gasteiger partial charge in [-0.3, -0.25) is 9.59 Å². The van der Waals surface area contributed by atoms with Gasteiger partial charge < -0.3 is 10.4 Å². The molecule has 1 atom stereocenters. The number of aliphatic carboxylic acids is 1. The summed E-state index contributed by atoms with van der Waals surface area (Å²) in [5.74, 6) is -0.731. The van der Waals surface area contributed by atoms with Crippen molar-refractivity contribution in [1.29, 1.82) is 0 Å². The van der Waals surface area contributed by atoms with Crippen LogP contribution < -0.4 is 5.32 Å². The van der Waals surface area contributed by atoms with E-state index in [2.05, 4.69) is 20.7 Å². The van der Waals surface area contributed by atoms with Crippen LogP contribution in [0.15, 0.2) is 30.3 Å². The van der Waals surface area contributed by atoms with E-state index >= 15 is 0 Å².